The average Bonchev–Trinajstić information content (AvgIpc) is 3.54. The molecule has 2 saturated heterocycles. The molecule has 8 atom stereocenters. The molecule has 0 radical (unpaired) electrons. The molecular formula is C33H54FN3O4. The summed E-state index contributed by atoms with van der Waals surface area (Å²) in [7, 11) is 0. The minimum atomic E-state index is -0.784. The molecule has 3 aliphatic carbocycles. The highest BCUT2D eigenvalue weighted by molar-refractivity contribution is 5.82. The van der Waals surface area contributed by atoms with E-state index in [1.165, 1.54) is 25.7 Å². The Hall–Kier alpha value is -1.24. The van der Waals surface area contributed by atoms with Gasteiger partial charge in [-0.1, -0.05) is 18.8 Å². The second-order valence-corrected chi connectivity index (χ2v) is 14.1. The first-order chi connectivity index (χ1) is 19.8. The highest BCUT2D eigenvalue weighted by Gasteiger charge is 2.49. The quantitative estimate of drug-likeness (QED) is 0.329. The van der Waals surface area contributed by atoms with Gasteiger partial charge in [-0.2, -0.15) is 5.06 Å². The van der Waals surface area contributed by atoms with Gasteiger partial charge in [0.25, 0.3) is 0 Å². The van der Waals surface area contributed by atoms with Gasteiger partial charge in [-0.3, -0.25) is 9.63 Å². The monoisotopic (exact) mass is 575 g/mol. The molecule has 0 aromatic rings. The van der Waals surface area contributed by atoms with Gasteiger partial charge in [0, 0.05) is 36.9 Å². The highest BCUT2D eigenvalue weighted by Crippen LogP contribution is 2.38. The molecule has 7 nitrogen and oxygen atoms in total. The van der Waals surface area contributed by atoms with E-state index in [0.717, 1.165) is 51.0 Å². The first kappa shape index (κ1) is 31.2. The summed E-state index contributed by atoms with van der Waals surface area (Å²) in [5.41, 5.74) is 0. The molecule has 0 aromatic carbocycles. The number of fused-ring (bicyclic) bond motifs is 1. The lowest BCUT2D eigenvalue weighted by Gasteiger charge is -2.32. The van der Waals surface area contributed by atoms with E-state index in [0.29, 0.717) is 55.5 Å². The molecule has 232 valence electrons. The third-order valence-electron chi connectivity index (χ3n) is 11.0. The predicted octanol–water partition coefficient (Wildman–Crippen LogP) is 3.83. The van der Waals surface area contributed by atoms with Gasteiger partial charge in [0.05, 0.1) is 12.7 Å². The highest BCUT2D eigenvalue weighted by atomic mass is 19.1. The zero-order valence-corrected chi connectivity index (χ0v) is 25.3. The molecule has 5 aliphatic rings. The Kier molecular flexibility index (Phi) is 11.0. The van der Waals surface area contributed by atoms with E-state index in [1.54, 1.807) is 12.0 Å². The second kappa shape index (κ2) is 14.5. The minimum absolute atomic E-state index is 0.136. The lowest BCUT2D eigenvalue weighted by atomic mass is 9.78. The van der Waals surface area contributed by atoms with Crippen molar-refractivity contribution in [3.05, 3.63) is 0 Å². The van der Waals surface area contributed by atoms with Gasteiger partial charge in [-0.25, -0.2) is 4.39 Å². The number of nitrogens with zero attached hydrogens (tertiary/aromatic N) is 1. The van der Waals surface area contributed by atoms with Crippen molar-refractivity contribution < 1.29 is 24.2 Å². The number of carbonyl (C=O) groups excluding carboxylic acids is 1. The Morgan fingerprint density at radius 1 is 1.07 bits per heavy atom. The zero-order valence-electron chi connectivity index (χ0n) is 25.3. The van der Waals surface area contributed by atoms with Crippen molar-refractivity contribution >= 4 is 5.91 Å². The molecule has 0 spiro atoms. The van der Waals surface area contributed by atoms with Gasteiger partial charge in [-0.15, -0.1) is 0 Å². The third-order valence-corrected chi connectivity index (χ3v) is 11.0. The minimum Gasteiger partial charge on any atom is -0.396 e. The van der Waals surface area contributed by atoms with Crippen LogP contribution in [0, 0.1) is 53.3 Å². The molecule has 2 heterocycles. The molecule has 0 aromatic heterocycles. The number of halogens is 1. The third kappa shape index (κ3) is 7.84. The summed E-state index contributed by atoms with van der Waals surface area (Å²) in [5.74, 6) is 9.81. The van der Waals surface area contributed by atoms with Crippen LogP contribution in [-0.2, 0) is 9.63 Å². The van der Waals surface area contributed by atoms with Crippen LogP contribution in [0.25, 0.3) is 0 Å². The number of nitrogens with one attached hydrogen (secondary N) is 2. The van der Waals surface area contributed by atoms with Crippen LogP contribution >= 0.6 is 0 Å². The molecular weight excluding hydrogens is 521 g/mol. The van der Waals surface area contributed by atoms with E-state index in [9.17, 15) is 19.4 Å². The maximum Gasteiger partial charge on any atom is 0.240 e. The molecule has 5 fully saturated rings. The molecule has 1 amide bonds. The van der Waals surface area contributed by atoms with Crippen molar-refractivity contribution in [2.45, 2.75) is 121 Å². The fourth-order valence-electron chi connectivity index (χ4n) is 8.41. The lowest BCUT2D eigenvalue weighted by Crippen LogP contribution is -2.49. The number of alkyl halides is 1. The van der Waals surface area contributed by atoms with Crippen molar-refractivity contribution in [1.82, 2.24) is 15.7 Å². The first-order valence-electron chi connectivity index (χ1n) is 16.7. The smallest absolute Gasteiger partial charge is 0.240 e. The Morgan fingerprint density at radius 2 is 1.76 bits per heavy atom. The van der Waals surface area contributed by atoms with Gasteiger partial charge in [0.15, 0.2) is 0 Å². The molecule has 4 N–H and O–H groups in total. The molecule has 4 unspecified atom stereocenters. The Labute approximate surface area is 246 Å². The maximum absolute atomic E-state index is 13.8. The second-order valence-electron chi connectivity index (χ2n) is 14.1. The van der Waals surface area contributed by atoms with E-state index >= 15 is 0 Å². The predicted molar refractivity (Wildman–Crippen MR) is 157 cm³/mol. The van der Waals surface area contributed by atoms with Gasteiger partial charge in [-0.05, 0) is 114 Å². The van der Waals surface area contributed by atoms with E-state index in [-0.39, 0.29) is 18.6 Å². The van der Waals surface area contributed by atoms with E-state index in [4.69, 9.17) is 4.84 Å². The van der Waals surface area contributed by atoms with Crippen LogP contribution in [0.4, 0.5) is 4.39 Å². The van der Waals surface area contributed by atoms with Crippen LogP contribution in [0.2, 0.25) is 0 Å². The number of carbonyl (C=O) groups is 1. The van der Waals surface area contributed by atoms with E-state index in [2.05, 4.69) is 29.4 Å². The number of amides is 1. The molecule has 0 bridgehead atoms. The standard InChI is InChI=1S/C33H54FN3O4/c1-21-3-5-23(6-4-21)7-8-24-9-11-25(12-10-24)19-37-31(29(20-38)32(41-37)22(2)39)33(40)35-16-15-26-18-36-30-17-27(34)13-14-28(26)30/h21-32,36,38-39H,3-6,9-20H2,1-2H3,(H,35,40)/t21?,22-,23?,24?,25?,26?,27?,28?,29+,30?,31+,32+/m0/s1. The SMILES string of the molecule is CC1CCC(C#CC2CCC(CN3O[C@H]([C@H](C)O)[C@H](CO)[C@@H]3C(=O)NCCC3CNC4CC(F)CCC34)CC2)CC1. The lowest BCUT2D eigenvalue weighted by molar-refractivity contribution is -0.193. The molecule has 3 saturated carbocycles. The normalized spacial score (nSPS) is 42.2. The van der Waals surface area contributed by atoms with Crippen LogP contribution in [0.1, 0.15) is 90.9 Å². The summed E-state index contributed by atoms with van der Waals surface area (Å²) in [6, 6.07) is -0.358. The van der Waals surface area contributed by atoms with Crippen molar-refractivity contribution in [2.75, 3.05) is 26.2 Å². The number of rotatable bonds is 8. The Balaban J connectivity index is 1.12. The Morgan fingerprint density at radius 3 is 2.41 bits per heavy atom. The van der Waals surface area contributed by atoms with Gasteiger partial charge in [0.2, 0.25) is 5.91 Å². The van der Waals surface area contributed by atoms with Crippen LogP contribution < -0.4 is 10.6 Å². The number of hydroxylamine groups is 2. The fourth-order valence-corrected chi connectivity index (χ4v) is 8.41. The molecule has 41 heavy (non-hydrogen) atoms. The van der Waals surface area contributed by atoms with Crippen LogP contribution in [0.15, 0.2) is 0 Å². The average molecular weight is 576 g/mol. The summed E-state index contributed by atoms with van der Waals surface area (Å²) in [5, 5.41) is 29.0. The van der Waals surface area contributed by atoms with E-state index < -0.39 is 30.3 Å². The number of aliphatic hydroxyl groups is 2. The first-order valence-corrected chi connectivity index (χ1v) is 16.7. The van der Waals surface area contributed by atoms with Crippen molar-refractivity contribution in [1.29, 1.82) is 0 Å². The van der Waals surface area contributed by atoms with Crippen LogP contribution in [0.3, 0.4) is 0 Å². The summed E-state index contributed by atoms with van der Waals surface area (Å²) in [6.07, 6.45) is 10.3. The van der Waals surface area contributed by atoms with Gasteiger partial charge < -0.3 is 20.8 Å². The zero-order chi connectivity index (χ0) is 28.9. The number of hydrogen-bond acceptors (Lipinski definition) is 6. The van der Waals surface area contributed by atoms with Gasteiger partial charge in [0.1, 0.15) is 18.3 Å². The summed E-state index contributed by atoms with van der Waals surface area (Å²) < 4.78 is 13.8. The largest absolute Gasteiger partial charge is 0.396 e. The fraction of sp³-hybridized carbons (Fsp3) is 0.909. The number of aliphatic hydroxyl groups excluding tert-OH is 2. The molecule has 8 heteroatoms. The van der Waals surface area contributed by atoms with Crippen LogP contribution in [0.5, 0.6) is 0 Å². The van der Waals surface area contributed by atoms with Crippen molar-refractivity contribution in [3.63, 3.8) is 0 Å². The van der Waals surface area contributed by atoms with Crippen molar-refractivity contribution in [3.8, 4) is 11.8 Å². The summed E-state index contributed by atoms with van der Waals surface area (Å²) >= 11 is 0. The molecule has 2 aliphatic heterocycles. The van der Waals surface area contributed by atoms with Gasteiger partial charge >= 0.3 is 0 Å². The summed E-state index contributed by atoms with van der Waals surface area (Å²) in [4.78, 5) is 19.7. The van der Waals surface area contributed by atoms with E-state index in [1.807, 2.05) is 0 Å². The number of hydrogen-bond donors (Lipinski definition) is 4. The maximum atomic E-state index is 13.8. The molecule has 5 rings (SSSR count). The Bertz CT molecular complexity index is 908. The topological polar surface area (TPSA) is 94.1 Å². The van der Waals surface area contributed by atoms with Crippen molar-refractivity contribution in [2.24, 2.45) is 41.4 Å². The van der Waals surface area contributed by atoms with Crippen LogP contribution in [-0.4, -0.2) is 77.9 Å². The summed E-state index contributed by atoms with van der Waals surface area (Å²) in [6.45, 7) is 5.86.